The van der Waals surface area contributed by atoms with Crippen molar-refractivity contribution in [3.8, 4) is 6.07 Å². The molecule has 21 heavy (non-hydrogen) atoms. The number of nitrogens with one attached hydrogen (secondary N) is 1. The van der Waals surface area contributed by atoms with Gasteiger partial charge in [0, 0.05) is 24.8 Å². The van der Waals surface area contributed by atoms with Crippen LogP contribution in [0.2, 0.25) is 0 Å². The number of hydrogen-bond acceptors (Lipinski definition) is 4. The summed E-state index contributed by atoms with van der Waals surface area (Å²) in [5.74, 6) is 0.925. The van der Waals surface area contributed by atoms with E-state index in [1.807, 2.05) is 0 Å². The molecule has 1 unspecified atom stereocenters. The SMILES string of the molecule is CCCN(c1nc2c(cc1C#N)CCC2)C1CCCNC1. The van der Waals surface area contributed by atoms with Gasteiger partial charge in [-0.1, -0.05) is 6.92 Å². The van der Waals surface area contributed by atoms with Crippen LogP contribution in [0.3, 0.4) is 0 Å². The highest BCUT2D eigenvalue weighted by Gasteiger charge is 2.26. The summed E-state index contributed by atoms with van der Waals surface area (Å²) in [6.07, 6.45) is 6.80. The summed E-state index contributed by atoms with van der Waals surface area (Å²) < 4.78 is 0. The molecule has 1 saturated heterocycles. The zero-order valence-electron chi connectivity index (χ0n) is 12.9. The maximum absolute atomic E-state index is 9.53. The van der Waals surface area contributed by atoms with Crippen LogP contribution >= 0.6 is 0 Å². The molecule has 1 atom stereocenters. The van der Waals surface area contributed by atoms with Gasteiger partial charge in [-0.15, -0.1) is 0 Å². The van der Waals surface area contributed by atoms with Crippen molar-refractivity contribution in [3.05, 3.63) is 22.9 Å². The number of pyridine rings is 1. The molecular weight excluding hydrogens is 260 g/mol. The molecule has 0 amide bonds. The van der Waals surface area contributed by atoms with Crippen LogP contribution in [0.1, 0.15) is 49.4 Å². The van der Waals surface area contributed by atoms with E-state index >= 15 is 0 Å². The van der Waals surface area contributed by atoms with Gasteiger partial charge in [0.15, 0.2) is 0 Å². The average Bonchev–Trinajstić information content (AvgIpc) is 2.99. The van der Waals surface area contributed by atoms with Crippen LogP contribution in [-0.4, -0.2) is 30.7 Å². The third-order valence-corrected chi connectivity index (χ3v) is 4.60. The largest absolute Gasteiger partial charge is 0.351 e. The minimum atomic E-state index is 0.470. The molecule has 1 N–H and O–H groups in total. The fraction of sp³-hybridized carbons (Fsp3) is 0.647. The van der Waals surface area contributed by atoms with Gasteiger partial charge in [0.1, 0.15) is 11.9 Å². The van der Waals surface area contributed by atoms with Crippen molar-refractivity contribution in [2.45, 2.75) is 51.5 Å². The summed E-state index contributed by atoms with van der Waals surface area (Å²) in [6.45, 7) is 5.29. The van der Waals surface area contributed by atoms with Crippen LogP contribution in [0, 0.1) is 11.3 Å². The summed E-state index contributed by atoms with van der Waals surface area (Å²) in [4.78, 5) is 7.27. The predicted octanol–water partition coefficient (Wildman–Crippen LogP) is 2.41. The van der Waals surface area contributed by atoms with E-state index in [0.29, 0.717) is 6.04 Å². The molecule has 1 fully saturated rings. The second-order valence-electron chi connectivity index (χ2n) is 6.12. The Morgan fingerprint density at radius 3 is 3.05 bits per heavy atom. The van der Waals surface area contributed by atoms with Crippen LogP contribution in [0.25, 0.3) is 0 Å². The zero-order chi connectivity index (χ0) is 14.7. The lowest BCUT2D eigenvalue weighted by Crippen LogP contribution is -2.47. The number of aromatic nitrogens is 1. The molecule has 3 rings (SSSR count). The van der Waals surface area contributed by atoms with E-state index < -0.39 is 0 Å². The Balaban J connectivity index is 1.96. The number of hydrogen-bond donors (Lipinski definition) is 1. The van der Waals surface area contributed by atoms with Crippen molar-refractivity contribution in [2.75, 3.05) is 24.5 Å². The van der Waals surface area contributed by atoms with Gasteiger partial charge in [0.05, 0.1) is 5.56 Å². The van der Waals surface area contributed by atoms with Gasteiger partial charge in [-0.25, -0.2) is 4.98 Å². The first kappa shape index (κ1) is 14.3. The van der Waals surface area contributed by atoms with Gasteiger partial charge in [-0.3, -0.25) is 0 Å². The molecular formula is C17H24N4. The molecule has 0 bridgehead atoms. The third-order valence-electron chi connectivity index (χ3n) is 4.60. The number of fused-ring (bicyclic) bond motifs is 1. The maximum atomic E-state index is 9.53. The van der Waals surface area contributed by atoms with Gasteiger partial charge < -0.3 is 10.2 Å². The van der Waals surface area contributed by atoms with Crippen molar-refractivity contribution in [1.82, 2.24) is 10.3 Å². The van der Waals surface area contributed by atoms with E-state index in [-0.39, 0.29) is 0 Å². The minimum absolute atomic E-state index is 0.470. The second-order valence-corrected chi connectivity index (χ2v) is 6.12. The van der Waals surface area contributed by atoms with E-state index in [1.54, 1.807) is 0 Å². The summed E-state index contributed by atoms with van der Waals surface area (Å²) in [5, 5.41) is 13.0. The van der Waals surface area contributed by atoms with Crippen molar-refractivity contribution < 1.29 is 0 Å². The lowest BCUT2D eigenvalue weighted by Gasteiger charge is -2.36. The molecule has 0 radical (unpaired) electrons. The molecule has 1 aliphatic heterocycles. The lowest BCUT2D eigenvalue weighted by molar-refractivity contribution is 0.428. The summed E-state index contributed by atoms with van der Waals surface area (Å²) in [5.41, 5.74) is 3.26. The highest BCUT2D eigenvalue weighted by Crippen LogP contribution is 2.29. The van der Waals surface area contributed by atoms with Crippen LogP contribution in [-0.2, 0) is 12.8 Å². The molecule has 1 aromatic heterocycles. The van der Waals surface area contributed by atoms with Crippen molar-refractivity contribution in [3.63, 3.8) is 0 Å². The van der Waals surface area contributed by atoms with Gasteiger partial charge in [0.25, 0.3) is 0 Å². The van der Waals surface area contributed by atoms with Gasteiger partial charge in [0.2, 0.25) is 0 Å². The Labute approximate surface area is 127 Å². The number of aryl methyl sites for hydroxylation is 2. The Morgan fingerprint density at radius 1 is 1.43 bits per heavy atom. The average molecular weight is 284 g/mol. The molecule has 112 valence electrons. The van der Waals surface area contributed by atoms with Gasteiger partial charge >= 0.3 is 0 Å². The molecule has 0 aromatic carbocycles. The first-order valence-corrected chi connectivity index (χ1v) is 8.23. The first-order valence-electron chi connectivity index (χ1n) is 8.23. The fourth-order valence-corrected chi connectivity index (χ4v) is 3.56. The molecule has 1 aromatic rings. The van der Waals surface area contributed by atoms with Crippen molar-refractivity contribution in [1.29, 1.82) is 5.26 Å². The number of nitrogens with zero attached hydrogens (tertiary/aromatic N) is 3. The quantitative estimate of drug-likeness (QED) is 0.922. The van der Waals surface area contributed by atoms with Crippen LogP contribution in [0.5, 0.6) is 0 Å². The van der Waals surface area contributed by atoms with Crippen molar-refractivity contribution in [2.24, 2.45) is 0 Å². The molecule has 2 heterocycles. The number of anilines is 1. The normalized spacial score (nSPS) is 20.9. The number of nitriles is 1. The molecule has 0 spiro atoms. The Kier molecular flexibility index (Phi) is 4.40. The van der Waals surface area contributed by atoms with Gasteiger partial charge in [-0.2, -0.15) is 5.26 Å². The first-order chi connectivity index (χ1) is 10.3. The van der Waals surface area contributed by atoms with E-state index in [4.69, 9.17) is 4.98 Å². The highest BCUT2D eigenvalue weighted by atomic mass is 15.2. The van der Waals surface area contributed by atoms with E-state index in [2.05, 4.69) is 29.3 Å². The third kappa shape index (κ3) is 2.89. The van der Waals surface area contributed by atoms with E-state index in [9.17, 15) is 5.26 Å². The van der Waals surface area contributed by atoms with Crippen LogP contribution in [0.15, 0.2) is 6.07 Å². The number of piperidine rings is 1. The second kappa shape index (κ2) is 6.44. The van der Waals surface area contributed by atoms with E-state index in [1.165, 1.54) is 30.5 Å². The smallest absolute Gasteiger partial charge is 0.147 e. The zero-order valence-corrected chi connectivity index (χ0v) is 12.9. The van der Waals surface area contributed by atoms with Gasteiger partial charge in [-0.05, 0) is 56.7 Å². The summed E-state index contributed by atoms with van der Waals surface area (Å²) >= 11 is 0. The standard InChI is InChI=1S/C17H24N4/c1-2-9-21(15-6-4-8-19-12-15)17-14(11-18)10-13-5-3-7-16(13)20-17/h10,15,19H,2-9,12H2,1H3. The summed E-state index contributed by atoms with van der Waals surface area (Å²) in [7, 11) is 0. The monoisotopic (exact) mass is 284 g/mol. The summed E-state index contributed by atoms with van der Waals surface area (Å²) in [6, 6.07) is 4.94. The van der Waals surface area contributed by atoms with E-state index in [0.717, 1.165) is 50.3 Å². The topological polar surface area (TPSA) is 52.0 Å². The Bertz CT molecular complexity index is 540. The van der Waals surface area contributed by atoms with Crippen molar-refractivity contribution >= 4 is 5.82 Å². The predicted molar refractivity (Wildman–Crippen MR) is 84.5 cm³/mol. The fourth-order valence-electron chi connectivity index (χ4n) is 3.56. The Hall–Kier alpha value is -1.60. The minimum Gasteiger partial charge on any atom is -0.351 e. The Morgan fingerprint density at radius 2 is 2.33 bits per heavy atom. The lowest BCUT2D eigenvalue weighted by atomic mass is 10.0. The molecule has 2 aliphatic rings. The van der Waals surface area contributed by atoms with Crippen LogP contribution in [0.4, 0.5) is 5.82 Å². The highest BCUT2D eigenvalue weighted by molar-refractivity contribution is 5.57. The molecule has 1 aliphatic carbocycles. The molecule has 4 heteroatoms. The maximum Gasteiger partial charge on any atom is 0.147 e. The van der Waals surface area contributed by atoms with Crippen LogP contribution < -0.4 is 10.2 Å². The molecule has 0 saturated carbocycles. The molecule has 4 nitrogen and oxygen atoms in total. The number of rotatable bonds is 4.